The van der Waals surface area contributed by atoms with E-state index in [0.29, 0.717) is 6.42 Å². The normalized spacial score (nSPS) is 15.0. The zero-order valence-electron chi connectivity index (χ0n) is 13.2. The smallest absolute Gasteiger partial charge is 0.237 e. The fourth-order valence-corrected chi connectivity index (χ4v) is 3.43. The molecular weight excluding hydrogens is 288 g/mol. The third kappa shape index (κ3) is 3.70. The first kappa shape index (κ1) is 15.5. The molecule has 0 aliphatic heterocycles. The number of hydrogen-bond donors (Lipinski definition) is 1. The Kier molecular flexibility index (Phi) is 4.60. The molecule has 0 aromatic heterocycles. The Hall–Kier alpha value is -2.36. The maximum atomic E-state index is 12.7. The molecule has 4 nitrogen and oxygen atoms in total. The topological polar surface area (TPSA) is 63.4 Å². The number of carbonyl (C=O) groups is 2. The number of hydrogen-bond acceptors (Lipinski definition) is 2. The predicted molar refractivity (Wildman–Crippen MR) is 90.8 cm³/mol. The Balaban J connectivity index is 1.77. The number of benzene rings is 2. The van der Waals surface area contributed by atoms with E-state index in [1.54, 1.807) is 4.90 Å². The van der Waals surface area contributed by atoms with Crippen LogP contribution >= 0.6 is 0 Å². The zero-order chi connectivity index (χ0) is 16.2. The van der Waals surface area contributed by atoms with Crippen molar-refractivity contribution in [2.45, 2.75) is 38.1 Å². The summed E-state index contributed by atoms with van der Waals surface area (Å²) in [6.07, 6.45) is 4.48. The fraction of sp³-hybridized carbons (Fsp3) is 0.368. The summed E-state index contributed by atoms with van der Waals surface area (Å²) >= 11 is 0. The van der Waals surface area contributed by atoms with Gasteiger partial charge in [0.05, 0.1) is 13.0 Å². The molecule has 2 N–H and O–H groups in total. The Morgan fingerprint density at radius 2 is 1.74 bits per heavy atom. The lowest BCUT2D eigenvalue weighted by Gasteiger charge is -2.28. The van der Waals surface area contributed by atoms with Gasteiger partial charge in [-0.1, -0.05) is 55.3 Å². The van der Waals surface area contributed by atoms with Crippen LogP contribution in [0.2, 0.25) is 0 Å². The van der Waals surface area contributed by atoms with Crippen molar-refractivity contribution in [3.63, 3.8) is 0 Å². The van der Waals surface area contributed by atoms with Crippen molar-refractivity contribution in [2.75, 3.05) is 6.54 Å². The molecule has 1 aliphatic carbocycles. The molecule has 0 saturated heterocycles. The van der Waals surface area contributed by atoms with Crippen LogP contribution in [0.5, 0.6) is 0 Å². The molecule has 120 valence electrons. The van der Waals surface area contributed by atoms with E-state index in [0.717, 1.165) is 42.0 Å². The Morgan fingerprint density at radius 3 is 2.43 bits per heavy atom. The van der Waals surface area contributed by atoms with Crippen LogP contribution in [0.15, 0.2) is 42.5 Å². The minimum Gasteiger partial charge on any atom is -0.368 e. The van der Waals surface area contributed by atoms with E-state index in [1.165, 1.54) is 0 Å². The third-order valence-electron chi connectivity index (χ3n) is 4.58. The van der Waals surface area contributed by atoms with Gasteiger partial charge in [0.25, 0.3) is 0 Å². The van der Waals surface area contributed by atoms with Gasteiger partial charge in [-0.25, -0.2) is 0 Å². The number of rotatable bonds is 5. The monoisotopic (exact) mass is 310 g/mol. The van der Waals surface area contributed by atoms with E-state index >= 15 is 0 Å². The minimum absolute atomic E-state index is 0.00835. The highest BCUT2D eigenvalue weighted by atomic mass is 16.2. The van der Waals surface area contributed by atoms with Gasteiger partial charge in [0.2, 0.25) is 11.8 Å². The molecule has 0 heterocycles. The molecule has 1 saturated carbocycles. The van der Waals surface area contributed by atoms with Gasteiger partial charge in [-0.05, 0) is 29.2 Å². The minimum atomic E-state index is -0.441. The molecule has 4 heteroatoms. The highest BCUT2D eigenvalue weighted by molar-refractivity contribution is 5.87. The van der Waals surface area contributed by atoms with Crippen LogP contribution in [0.3, 0.4) is 0 Å². The molecular formula is C19H22N2O2. The largest absolute Gasteiger partial charge is 0.368 e. The van der Waals surface area contributed by atoms with Gasteiger partial charge >= 0.3 is 0 Å². The summed E-state index contributed by atoms with van der Waals surface area (Å²) in [5.74, 6) is -0.449. The second kappa shape index (κ2) is 6.82. The van der Waals surface area contributed by atoms with Crippen LogP contribution in [0.4, 0.5) is 0 Å². The molecule has 23 heavy (non-hydrogen) atoms. The van der Waals surface area contributed by atoms with Gasteiger partial charge in [-0.2, -0.15) is 0 Å². The van der Waals surface area contributed by atoms with Gasteiger partial charge in [-0.3, -0.25) is 9.59 Å². The predicted octanol–water partition coefficient (Wildman–Crippen LogP) is 2.64. The fourth-order valence-electron chi connectivity index (χ4n) is 3.43. The number of nitrogens with two attached hydrogens (primary N) is 1. The highest BCUT2D eigenvalue weighted by Gasteiger charge is 2.27. The Labute approximate surface area is 136 Å². The Morgan fingerprint density at radius 1 is 1.04 bits per heavy atom. The molecule has 0 radical (unpaired) electrons. The van der Waals surface area contributed by atoms with Gasteiger partial charge in [0.15, 0.2) is 0 Å². The number of carbonyl (C=O) groups excluding carboxylic acids is 2. The molecule has 2 amide bonds. The molecule has 0 bridgehead atoms. The van der Waals surface area contributed by atoms with Crippen molar-refractivity contribution < 1.29 is 9.59 Å². The summed E-state index contributed by atoms with van der Waals surface area (Å²) < 4.78 is 0. The summed E-state index contributed by atoms with van der Waals surface area (Å²) in [4.78, 5) is 25.7. The van der Waals surface area contributed by atoms with Crippen molar-refractivity contribution in [2.24, 2.45) is 5.73 Å². The Bertz CT molecular complexity index is 720. The van der Waals surface area contributed by atoms with Gasteiger partial charge in [-0.15, -0.1) is 0 Å². The van der Waals surface area contributed by atoms with E-state index in [4.69, 9.17) is 5.73 Å². The van der Waals surface area contributed by atoms with Crippen molar-refractivity contribution >= 4 is 22.6 Å². The molecule has 3 rings (SSSR count). The average molecular weight is 310 g/mol. The van der Waals surface area contributed by atoms with Gasteiger partial charge in [0, 0.05) is 6.04 Å². The number of nitrogens with zero attached hydrogens (tertiary/aromatic N) is 1. The summed E-state index contributed by atoms with van der Waals surface area (Å²) in [7, 11) is 0. The maximum absolute atomic E-state index is 12.7. The standard InChI is InChI=1S/C19H22N2O2/c20-18(22)13-21(17-7-3-4-8-17)19(23)12-14-9-10-15-5-1-2-6-16(15)11-14/h1-2,5-6,9-11,17H,3-4,7-8,12-13H2,(H2,20,22). The van der Waals surface area contributed by atoms with Gasteiger partial charge in [0.1, 0.15) is 0 Å². The second-order valence-electron chi connectivity index (χ2n) is 6.28. The number of amides is 2. The van der Waals surface area contributed by atoms with Gasteiger partial charge < -0.3 is 10.6 Å². The van der Waals surface area contributed by atoms with Crippen LogP contribution in [0.1, 0.15) is 31.2 Å². The third-order valence-corrected chi connectivity index (χ3v) is 4.58. The first-order valence-electron chi connectivity index (χ1n) is 8.19. The summed E-state index contributed by atoms with van der Waals surface area (Å²) in [5, 5.41) is 2.29. The molecule has 1 aliphatic rings. The highest BCUT2D eigenvalue weighted by Crippen LogP contribution is 2.24. The van der Waals surface area contributed by atoms with Crippen LogP contribution < -0.4 is 5.73 Å². The van der Waals surface area contributed by atoms with E-state index in [-0.39, 0.29) is 18.5 Å². The lowest BCUT2D eigenvalue weighted by molar-refractivity contribution is -0.136. The first-order valence-corrected chi connectivity index (χ1v) is 8.19. The molecule has 1 fully saturated rings. The van der Waals surface area contributed by atoms with E-state index in [1.807, 2.05) is 36.4 Å². The van der Waals surface area contributed by atoms with Crippen molar-refractivity contribution in [3.05, 3.63) is 48.0 Å². The van der Waals surface area contributed by atoms with Crippen molar-refractivity contribution in [3.8, 4) is 0 Å². The van der Waals surface area contributed by atoms with Crippen molar-refractivity contribution in [1.82, 2.24) is 4.90 Å². The average Bonchev–Trinajstić information content (AvgIpc) is 3.06. The first-order chi connectivity index (χ1) is 11.1. The summed E-state index contributed by atoms with van der Waals surface area (Å²) in [6.45, 7) is 0.0249. The lowest BCUT2D eigenvalue weighted by atomic mass is 10.0. The SMILES string of the molecule is NC(=O)CN(C(=O)Cc1ccc2ccccc2c1)C1CCCC1. The number of primary amides is 1. The summed E-state index contributed by atoms with van der Waals surface area (Å²) in [5.41, 5.74) is 6.31. The molecule has 0 unspecified atom stereocenters. The van der Waals surface area contributed by atoms with E-state index < -0.39 is 5.91 Å². The zero-order valence-corrected chi connectivity index (χ0v) is 13.2. The summed E-state index contributed by atoms with van der Waals surface area (Å²) in [6, 6.07) is 14.3. The van der Waals surface area contributed by atoms with Crippen LogP contribution in [-0.2, 0) is 16.0 Å². The molecule has 2 aromatic rings. The quantitative estimate of drug-likeness (QED) is 0.922. The van der Waals surface area contributed by atoms with Crippen molar-refractivity contribution in [1.29, 1.82) is 0 Å². The van der Waals surface area contributed by atoms with E-state index in [2.05, 4.69) is 6.07 Å². The molecule has 0 spiro atoms. The number of fused-ring (bicyclic) bond motifs is 1. The molecule has 2 aromatic carbocycles. The lowest BCUT2D eigenvalue weighted by Crippen LogP contribution is -2.44. The van der Waals surface area contributed by atoms with Crippen LogP contribution in [0, 0.1) is 0 Å². The molecule has 0 atom stereocenters. The van der Waals surface area contributed by atoms with Crippen LogP contribution in [-0.4, -0.2) is 29.3 Å². The maximum Gasteiger partial charge on any atom is 0.237 e. The van der Waals surface area contributed by atoms with E-state index in [9.17, 15) is 9.59 Å². The van der Waals surface area contributed by atoms with Crippen LogP contribution in [0.25, 0.3) is 10.8 Å². The second-order valence-corrected chi connectivity index (χ2v) is 6.28.